The summed E-state index contributed by atoms with van der Waals surface area (Å²) >= 11 is 6.04. The van der Waals surface area contributed by atoms with Crippen molar-refractivity contribution in [3.05, 3.63) is 16.4 Å². The molecule has 0 bridgehead atoms. The van der Waals surface area contributed by atoms with Crippen molar-refractivity contribution in [2.75, 3.05) is 0 Å². The highest BCUT2D eigenvalue weighted by Crippen LogP contribution is 2.19. The highest BCUT2D eigenvalue weighted by molar-refractivity contribution is 6.30. The second-order valence-corrected chi connectivity index (χ2v) is 4.16. The van der Waals surface area contributed by atoms with Crippen LogP contribution in [-0.4, -0.2) is 15.6 Å². The summed E-state index contributed by atoms with van der Waals surface area (Å²) in [6, 6.07) is 0. The molecule has 84 valence electrons. The van der Waals surface area contributed by atoms with E-state index in [1.165, 1.54) is 0 Å². The Kier molecular flexibility index (Phi) is 4.33. The molecule has 0 saturated carbocycles. The molecule has 0 atom stereocenters. The van der Waals surface area contributed by atoms with Gasteiger partial charge in [-0.1, -0.05) is 24.9 Å². The van der Waals surface area contributed by atoms with Crippen molar-refractivity contribution in [2.45, 2.75) is 39.5 Å². The summed E-state index contributed by atoms with van der Waals surface area (Å²) in [6.07, 6.45) is 3.06. The maximum atomic E-state index is 11.6. The van der Waals surface area contributed by atoms with Crippen molar-refractivity contribution in [3.8, 4) is 0 Å². The highest BCUT2D eigenvalue weighted by Gasteiger charge is 2.14. The van der Waals surface area contributed by atoms with Gasteiger partial charge in [-0.2, -0.15) is 5.10 Å². The lowest BCUT2D eigenvalue weighted by atomic mass is 10.1. The molecule has 1 aromatic heterocycles. The average Bonchev–Trinajstić information content (AvgIpc) is 2.42. The van der Waals surface area contributed by atoms with Crippen LogP contribution in [0.2, 0.25) is 5.15 Å². The van der Waals surface area contributed by atoms with Crippen LogP contribution in [0.3, 0.4) is 0 Å². The Morgan fingerprint density at radius 3 is 2.67 bits per heavy atom. The molecule has 0 amide bonds. The molecule has 0 aliphatic carbocycles. The Hall–Kier alpha value is -0.830. The minimum Gasteiger partial charge on any atom is -0.299 e. The number of carbonyl (C=O) groups is 1. The van der Waals surface area contributed by atoms with E-state index in [1.807, 2.05) is 6.92 Å². The Morgan fingerprint density at radius 2 is 2.20 bits per heavy atom. The maximum absolute atomic E-state index is 11.6. The molecule has 0 aromatic carbocycles. The summed E-state index contributed by atoms with van der Waals surface area (Å²) in [7, 11) is 1.79. The molecule has 1 heterocycles. The molecule has 1 rings (SSSR count). The zero-order valence-corrected chi connectivity index (χ0v) is 10.3. The number of ketones is 1. The van der Waals surface area contributed by atoms with Gasteiger partial charge in [0, 0.05) is 25.5 Å². The monoisotopic (exact) mass is 228 g/mol. The topological polar surface area (TPSA) is 34.9 Å². The van der Waals surface area contributed by atoms with Gasteiger partial charge in [-0.3, -0.25) is 9.48 Å². The zero-order chi connectivity index (χ0) is 11.4. The van der Waals surface area contributed by atoms with Crippen LogP contribution in [0, 0.1) is 6.92 Å². The lowest BCUT2D eigenvalue weighted by Gasteiger charge is -1.99. The molecule has 0 aliphatic rings. The Labute approximate surface area is 95.4 Å². The van der Waals surface area contributed by atoms with E-state index in [4.69, 9.17) is 11.6 Å². The van der Waals surface area contributed by atoms with Crippen molar-refractivity contribution in [2.24, 2.45) is 7.05 Å². The quantitative estimate of drug-likeness (QED) is 0.777. The van der Waals surface area contributed by atoms with Gasteiger partial charge in [0.05, 0.1) is 5.69 Å². The number of carbonyl (C=O) groups excluding carboxylic acids is 1. The number of hydrogen-bond acceptors (Lipinski definition) is 2. The first-order valence-electron chi connectivity index (χ1n) is 5.26. The van der Waals surface area contributed by atoms with Crippen LogP contribution < -0.4 is 0 Å². The van der Waals surface area contributed by atoms with Crippen molar-refractivity contribution >= 4 is 17.4 Å². The summed E-state index contributed by atoms with van der Waals surface area (Å²) in [5, 5.41) is 4.76. The van der Waals surface area contributed by atoms with Crippen LogP contribution in [-0.2, 0) is 18.3 Å². The first kappa shape index (κ1) is 12.2. The number of Topliss-reactive ketones (excluding diaryl/α,β-unsaturated/α-hetero) is 1. The van der Waals surface area contributed by atoms with Gasteiger partial charge in [0.25, 0.3) is 0 Å². The Bertz CT molecular complexity index is 358. The van der Waals surface area contributed by atoms with Crippen molar-refractivity contribution in [3.63, 3.8) is 0 Å². The Morgan fingerprint density at radius 1 is 1.53 bits per heavy atom. The molecule has 0 spiro atoms. The van der Waals surface area contributed by atoms with Gasteiger partial charge in [0.1, 0.15) is 10.9 Å². The molecule has 0 unspecified atom stereocenters. The van der Waals surface area contributed by atoms with Crippen molar-refractivity contribution < 1.29 is 4.79 Å². The summed E-state index contributed by atoms with van der Waals surface area (Å²) in [5.41, 5.74) is 1.73. The van der Waals surface area contributed by atoms with E-state index in [9.17, 15) is 4.79 Å². The largest absolute Gasteiger partial charge is 0.299 e. The molecule has 0 saturated heterocycles. The SMILES string of the molecule is CCCCC(=O)Cc1c(C)nn(C)c1Cl. The Balaban J connectivity index is 2.68. The minimum absolute atomic E-state index is 0.245. The third kappa shape index (κ3) is 3.06. The fraction of sp³-hybridized carbons (Fsp3) is 0.636. The summed E-state index contributed by atoms with van der Waals surface area (Å²) in [4.78, 5) is 11.6. The number of unbranched alkanes of at least 4 members (excludes halogenated alkanes) is 1. The van der Waals surface area contributed by atoms with E-state index < -0.39 is 0 Å². The average molecular weight is 229 g/mol. The van der Waals surface area contributed by atoms with E-state index in [0.717, 1.165) is 24.1 Å². The van der Waals surface area contributed by atoms with Gasteiger partial charge in [-0.15, -0.1) is 0 Å². The van der Waals surface area contributed by atoms with E-state index in [0.29, 0.717) is 18.0 Å². The molecule has 0 N–H and O–H groups in total. The van der Waals surface area contributed by atoms with Crippen LogP contribution in [0.1, 0.15) is 37.4 Å². The number of halogens is 1. The van der Waals surface area contributed by atoms with Gasteiger partial charge in [0.2, 0.25) is 0 Å². The standard InChI is InChI=1S/C11H17ClN2O/c1-4-5-6-9(15)7-10-8(2)13-14(3)11(10)12/h4-7H2,1-3H3. The summed E-state index contributed by atoms with van der Waals surface area (Å²) in [6.45, 7) is 3.96. The van der Waals surface area contributed by atoms with Crippen LogP contribution >= 0.6 is 11.6 Å². The van der Waals surface area contributed by atoms with Gasteiger partial charge in [-0.05, 0) is 13.3 Å². The van der Waals surface area contributed by atoms with Gasteiger partial charge in [0.15, 0.2) is 0 Å². The predicted molar refractivity (Wildman–Crippen MR) is 61.2 cm³/mol. The third-order valence-corrected chi connectivity index (χ3v) is 2.93. The fourth-order valence-electron chi connectivity index (χ4n) is 1.53. The smallest absolute Gasteiger partial charge is 0.137 e. The highest BCUT2D eigenvalue weighted by atomic mass is 35.5. The minimum atomic E-state index is 0.245. The zero-order valence-electron chi connectivity index (χ0n) is 9.51. The normalized spacial score (nSPS) is 10.7. The number of aromatic nitrogens is 2. The fourth-order valence-corrected chi connectivity index (χ4v) is 1.78. The molecule has 1 aromatic rings. The van der Waals surface area contributed by atoms with Crippen LogP contribution in [0.15, 0.2) is 0 Å². The molecule has 3 nitrogen and oxygen atoms in total. The van der Waals surface area contributed by atoms with Gasteiger partial charge >= 0.3 is 0 Å². The van der Waals surface area contributed by atoms with E-state index in [2.05, 4.69) is 12.0 Å². The van der Waals surface area contributed by atoms with Crippen LogP contribution in [0.25, 0.3) is 0 Å². The van der Waals surface area contributed by atoms with Crippen molar-refractivity contribution in [1.29, 1.82) is 0 Å². The second-order valence-electron chi connectivity index (χ2n) is 3.80. The first-order chi connectivity index (χ1) is 7.06. The second kappa shape index (κ2) is 5.31. The maximum Gasteiger partial charge on any atom is 0.137 e. The molecule has 0 aliphatic heterocycles. The van der Waals surface area contributed by atoms with Crippen LogP contribution in [0.5, 0.6) is 0 Å². The summed E-state index contributed by atoms with van der Waals surface area (Å²) in [5.74, 6) is 0.245. The first-order valence-corrected chi connectivity index (χ1v) is 5.63. The lowest BCUT2D eigenvalue weighted by molar-refractivity contribution is -0.118. The molecular formula is C11H17ClN2O. The molecule has 0 radical (unpaired) electrons. The summed E-state index contributed by atoms with van der Waals surface area (Å²) < 4.78 is 1.61. The molecule has 0 fully saturated rings. The van der Waals surface area contributed by atoms with E-state index in [1.54, 1.807) is 11.7 Å². The number of rotatable bonds is 5. The predicted octanol–water partition coefficient (Wildman–Crippen LogP) is 2.68. The number of aryl methyl sites for hydroxylation is 2. The molecule has 4 heteroatoms. The van der Waals surface area contributed by atoms with Gasteiger partial charge < -0.3 is 0 Å². The van der Waals surface area contributed by atoms with Crippen molar-refractivity contribution in [1.82, 2.24) is 9.78 Å². The lowest BCUT2D eigenvalue weighted by Crippen LogP contribution is -2.03. The number of hydrogen-bond donors (Lipinski definition) is 0. The van der Waals surface area contributed by atoms with Gasteiger partial charge in [-0.25, -0.2) is 0 Å². The van der Waals surface area contributed by atoms with Crippen LogP contribution in [0.4, 0.5) is 0 Å². The number of nitrogens with zero attached hydrogens (tertiary/aromatic N) is 2. The van der Waals surface area contributed by atoms with E-state index in [-0.39, 0.29) is 5.78 Å². The molecule has 15 heavy (non-hydrogen) atoms. The third-order valence-electron chi connectivity index (χ3n) is 2.45. The van der Waals surface area contributed by atoms with E-state index >= 15 is 0 Å². The molecular weight excluding hydrogens is 212 g/mol.